The maximum Gasteiger partial charge on any atom is 0.329 e. The Morgan fingerprint density at radius 3 is 2.81 bits per heavy atom. The lowest BCUT2D eigenvalue weighted by Gasteiger charge is -2.24. The molecule has 2 saturated heterocycles. The van der Waals surface area contributed by atoms with Crippen molar-refractivity contribution in [2.45, 2.75) is 11.3 Å². The quantitative estimate of drug-likeness (QED) is 0.584. The standard InChI is InChI=1S/C15H15IN2O6S2/c16-9-2-1-3-10(4-9)18-11-7-26(22,23)8-12(11)25-15(18)17-13(19)5-24-6-14(20)21/h1-4,11-12H,5-8H2,(H,20,21). The molecule has 1 N–H and O–H groups in total. The Labute approximate surface area is 168 Å². The molecular formula is C15H15IN2O6S2. The topological polar surface area (TPSA) is 113 Å². The highest BCUT2D eigenvalue weighted by Gasteiger charge is 2.49. The summed E-state index contributed by atoms with van der Waals surface area (Å²) >= 11 is 3.42. The van der Waals surface area contributed by atoms with Crippen LogP contribution in [0.3, 0.4) is 0 Å². The van der Waals surface area contributed by atoms with Crippen molar-refractivity contribution in [1.82, 2.24) is 0 Å². The van der Waals surface area contributed by atoms with Gasteiger partial charge >= 0.3 is 5.97 Å². The summed E-state index contributed by atoms with van der Waals surface area (Å²) in [5.41, 5.74) is 0.770. The number of hydrogen-bond donors (Lipinski definition) is 1. The van der Waals surface area contributed by atoms with Crippen molar-refractivity contribution in [3.05, 3.63) is 27.8 Å². The van der Waals surface area contributed by atoms with Gasteiger partial charge in [0.2, 0.25) is 0 Å². The van der Waals surface area contributed by atoms with Crippen LogP contribution in [0.25, 0.3) is 0 Å². The number of amides is 1. The van der Waals surface area contributed by atoms with Crippen LogP contribution in [0.2, 0.25) is 0 Å². The second-order valence-electron chi connectivity index (χ2n) is 5.83. The van der Waals surface area contributed by atoms with Gasteiger partial charge in [-0.3, -0.25) is 4.79 Å². The first kappa shape index (κ1) is 19.6. The normalized spacial score (nSPS) is 25.4. The third-order valence-corrected chi connectivity index (χ3v) is 7.71. The largest absolute Gasteiger partial charge is 0.480 e. The summed E-state index contributed by atoms with van der Waals surface area (Å²) in [5.74, 6) is -1.71. The molecule has 2 atom stereocenters. The number of anilines is 1. The number of carboxylic acid groups (broad SMARTS) is 1. The summed E-state index contributed by atoms with van der Waals surface area (Å²) in [7, 11) is -3.13. The summed E-state index contributed by atoms with van der Waals surface area (Å²) in [6.07, 6.45) is 0. The molecule has 2 fully saturated rings. The van der Waals surface area contributed by atoms with Crippen molar-refractivity contribution in [3.8, 4) is 0 Å². The van der Waals surface area contributed by atoms with Crippen molar-refractivity contribution in [2.75, 3.05) is 29.6 Å². The number of sulfone groups is 1. The van der Waals surface area contributed by atoms with Crippen LogP contribution >= 0.6 is 34.4 Å². The summed E-state index contributed by atoms with van der Waals surface area (Å²) in [5, 5.41) is 8.77. The lowest BCUT2D eigenvalue weighted by atomic mass is 10.2. The van der Waals surface area contributed by atoms with E-state index in [1.54, 1.807) is 4.90 Å². The Morgan fingerprint density at radius 1 is 1.35 bits per heavy atom. The van der Waals surface area contributed by atoms with Gasteiger partial charge in [0.05, 0.1) is 17.5 Å². The summed E-state index contributed by atoms with van der Waals surface area (Å²) < 4.78 is 29.7. The van der Waals surface area contributed by atoms with Gasteiger partial charge in [-0.25, -0.2) is 13.2 Å². The van der Waals surface area contributed by atoms with Crippen molar-refractivity contribution in [3.63, 3.8) is 0 Å². The number of amidine groups is 1. The number of aliphatic imine (C=N–C) groups is 1. The van der Waals surface area contributed by atoms with Gasteiger partial charge in [0.1, 0.15) is 13.2 Å². The average molecular weight is 510 g/mol. The molecule has 1 amide bonds. The lowest BCUT2D eigenvalue weighted by molar-refractivity contribution is -0.143. The predicted molar refractivity (Wildman–Crippen MR) is 106 cm³/mol. The number of ether oxygens (including phenoxy) is 1. The van der Waals surface area contributed by atoms with E-state index in [-0.39, 0.29) is 22.8 Å². The number of hydrogen-bond acceptors (Lipinski definition) is 6. The second-order valence-corrected chi connectivity index (χ2v) is 10.4. The molecule has 26 heavy (non-hydrogen) atoms. The molecule has 11 heteroatoms. The van der Waals surface area contributed by atoms with E-state index in [9.17, 15) is 18.0 Å². The van der Waals surface area contributed by atoms with Gasteiger partial charge in [0.25, 0.3) is 5.91 Å². The van der Waals surface area contributed by atoms with E-state index in [0.717, 1.165) is 9.26 Å². The first-order valence-corrected chi connectivity index (χ1v) is 11.4. The molecule has 3 rings (SSSR count). The van der Waals surface area contributed by atoms with Crippen LogP contribution in [-0.2, 0) is 24.2 Å². The molecule has 0 aromatic heterocycles. The molecule has 2 heterocycles. The molecule has 1 aromatic rings. The number of carbonyl (C=O) groups excluding carboxylic acids is 1. The molecular weight excluding hydrogens is 495 g/mol. The fourth-order valence-electron chi connectivity index (χ4n) is 2.86. The highest BCUT2D eigenvalue weighted by Crippen LogP contribution is 2.41. The number of carbonyl (C=O) groups is 2. The number of nitrogens with zero attached hydrogens (tertiary/aromatic N) is 2. The van der Waals surface area contributed by atoms with Crippen molar-refractivity contribution < 1.29 is 27.9 Å². The Morgan fingerprint density at radius 2 is 2.12 bits per heavy atom. The van der Waals surface area contributed by atoms with Crippen LogP contribution < -0.4 is 4.90 Å². The molecule has 2 aliphatic rings. The van der Waals surface area contributed by atoms with Gasteiger partial charge in [-0.1, -0.05) is 17.8 Å². The minimum atomic E-state index is -3.13. The minimum Gasteiger partial charge on any atom is -0.480 e. The number of rotatable bonds is 5. The van der Waals surface area contributed by atoms with Crippen LogP contribution in [-0.4, -0.2) is 66.6 Å². The van der Waals surface area contributed by atoms with E-state index < -0.39 is 34.9 Å². The van der Waals surface area contributed by atoms with Crippen molar-refractivity contribution in [2.24, 2.45) is 4.99 Å². The smallest absolute Gasteiger partial charge is 0.329 e. The van der Waals surface area contributed by atoms with Crippen LogP contribution in [0.15, 0.2) is 29.3 Å². The van der Waals surface area contributed by atoms with Gasteiger partial charge in [0, 0.05) is 14.5 Å². The van der Waals surface area contributed by atoms with Gasteiger partial charge in [0.15, 0.2) is 15.0 Å². The fourth-order valence-corrected chi connectivity index (χ4v) is 7.31. The Hall–Kier alpha value is -1.18. The van der Waals surface area contributed by atoms with E-state index >= 15 is 0 Å². The zero-order valence-corrected chi connectivity index (χ0v) is 17.2. The zero-order chi connectivity index (χ0) is 18.9. The molecule has 0 spiro atoms. The third kappa shape index (κ3) is 4.56. The fraction of sp³-hybridized carbons (Fsp3) is 0.400. The number of fused-ring (bicyclic) bond motifs is 1. The van der Waals surface area contributed by atoms with Crippen LogP contribution in [0, 0.1) is 3.57 Å². The minimum absolute atomic E-state index is 0.0128. The van der Waals surface area contributed by atoms with Gasteiger partial charge in [-0.05, 0) is 40.8 Å². The SMILES string of the molecule is O=C(O)COCC(=O)N=C1SC2CS(=O)(=O)CC2N1c1cccc(I)c1. The Balaban J connectivity index is 1.85. The maximum absolute atomic E-state index is 12.0. The molecule has 140 valence electrons. The predicted octanol–water partition coefficient (Wildman–Crippen LogP) is 0.994. The Bertz CT molecular complexity index is 873. The van der Waals surface area contributed by atoms with Crippen LogP contribution in [0.5, 0.6) is 0 Å². The monoisotopic (exact) mass is 510 g/mol. The van der Waals surface area contributed by atoms with Crippen molar-refractivity contribution in [1.29, 1.82) is 0 Å². The summed E-state index contributed by atoms with van der Waals surface area (Å²) in [6.45, 7) is -1.02. The molecule has 0 saturated carbocycles. The molecule has 1 aromatic carbocycles. The number of benzene rings is 1. The average Bonchev–Trinajstić information content (AvgIpc) is 2.97. The van der Waals surface area contributed by atoms with Gasteiger partial charge in [-0.15, -0.1) is 0 Å². The zero-order valence-electron chi connectivity index (χ0n) is 13.4. The molecule has 8 nitrogen and oxygen atoms in total. The molecule has 2 aliphatic heterocycles. The highest BCUT2D eigenvalue weighted by molar-refractivity contribution is 14.1. The number of thioether (sulfide) groups is 1. The lowest BCUT2D eigenvalue weighted by Crippen LogP contribution is -2.37. The van der Waals surface area contributed by atoms with Gasteiger partial charge in [-0.2, -0.15) is 4.99 Å². The summed E-state index contributed by atoms with van der Waals surface area (Å²) in [6, 6.07) is 7.23. The molecule has 2 unspecified atom stereocenters. The second kappa shape index (κ2) is 7.82. The first-order chi connectivity index (χ1) is 12.2. The van der Waals surface area contributed by atoms with Gasteiger partial charge < -0.3 is 14.7 Å². The van der Waals surface area contributed by atoms with Crippen molar-refractivity contribution >= 4 is 66.9 Å². The number of aliphatic carboxylic acids is 1. The molecule has 0 aliphatic carbocycles. The number of halogens is 1. The van der Waals surface area contributed by atoms with E-state index in [1.165, 1.54) is 11.8 Å². The summed E-state index contributed by atoms with van der Waals surface area (Å²) in [4.78, 5) is 28.3. The van der Waals surface area contributed by atoms with E-state index in [0.29, 0.717) is 5.17 Å². The number of carboxylic acids is 1. The van der Waals surface area contributed by atoms with E-state index in [2.05, 4.69) is 27.6 Å². The van der Waals surface area contributed by atoms with Crippen LogP contribution in [0.4, 0.5) is 5.69 Å². The first-order valence-electron chi connectivity index (χ1n) is 7.58. The van der Waals surface area contributed by atoms with E-state index in [4.69, 9.17) is 9.84 Å². The molecule has 0 radical (unpaired) electrons. The Kier molecular flexibility index (Phi) is 5.89. The van der Waals surface area contributed by atoms with E-state index in [1.807, 2.05) is 24.3 Å². The molecule has 0 bridgehead atoms. The third-order valence-electron chi connectivity index (χ3n) is 3.82. The van der Waals surface area contributed by atoms with Crippen LogP contribution in [0.1, 0.15) is 0 Å². The maximum atomic E-state index is 12.0. The highest BCUT2D eigenvalue weighted by atomic mass is 127.